The molecule has 0 radical (unpaired) electrons. The number of benzene rings is 1. The third-order valence-corrected chi connectivity index (χ3v) is 3.46. The van der Waals surface area contributed by atoms with E-state index in [0.717, 1.165) is 19.4 Å². The Morgan fingerprint density at radius 1 is 1.47 bits per heavy atom. The zero-order valence-corrected chi connectivity index (χ0v) is 10.1. The number of nitrogens with zero attached hydrogens (tertiary/aromatic N) is 2. The number of aromatic carboxylic acids is 1. The first-order valence-corrected chi connectivity index (χ1v) is 6.07. The second-order valence-electron chi connectivity index (χ2n) is 4.90. The number of nitro groups is 1. The Hall–Kier alpha value is -2.37. The van der Waals surface area contributed by atoms with Gasteiger partial charge in [-0.1, -0.05) is 0 Å². The number of hydrogen-bond donors (Lipinski definition) is 1. The van der Waals surface area contributed by atoms with Crippen molar-refractivity contribution in [3.8, 4) is 0 Å². The standard InChI is InChI=1S/C13H12N2O4/c16-13(17)11-7-14(6-8-1-2-8)12-5-9(15(18)19)3-4-10(11)12/h3-5,7-8H,1-2,6H2,(H,16,17). The van der Waals surface area contributed by atoms with Crippen LogP contribution in [0.4, 0.5) is 5.69 Å². The molecule has 0 saturated heterocycles. The van der Waals surface area contributed by atoms with Gasteiger partial charge in [0.1, 0.15) is 0 Å². The topological polar surface area (TPSA) is 85.4 Å². The summed E-state index contributed by atoms with van der Waals surface area (Å²) in [7, 11) is 0. The van der Waals surface area contributed by atoms with Crippen molar-refractivity contribution < 1.29 is 14.8 Å². The van der Waals surface area contributed by atoms with Gasteiger partial charge in [-0.25, -0.2) is 4.79 Å². The Bertz CT molecular complexity index is 685. The number of hydrogen-bond acceptors (Lipinski definition) is 3. The molecule has 1 saturated carbocycles. The monoisotopic (exact) mass is 260 g/mol. The minimum Gasteiger partial charge on any atom is -0.478 e. The zero-order chi connectivity index (χ0) is 13.6. The van der Waals surface area contributed by atoms with Gasteiger partial charge in [0, 0.05) is 30.3 Å². The fourth-order valence-electron chi connectivity index (χ4n) is 2.29. The molecule has 6 nitrogen and oxygen atoms in total. The van der Waals surface area contributed by atoms with Crippen LogP contribution in [0.15, 0.2) is 24.4 Å². The molecule has 0 atom stereocenters. The zero-order valence-electron chi connectivity index (χ0n) is 10.1. The molecular weight excluding hydrogens is 248 g/mol. The molecule has 98 valence electrons. The van der Waals surface area contributed by atoms with E-state index in [1.807, 2.05) is 4.57 Å². The summed E-state index contributed by atoms with van der Waals surface area (Å²) in [6.07, 6.45) is 3.85. The quantitative estimate of drug-likeness (QED) is 0.676. The molecular formula is C13H12N2O4. The summed E-state index contributed by atoms with van der Waals surface area (Å²) in [5.74, 6) is -0.440. The van der Waals surface area contributed by atoms with Gasteiger partial charge in [0.05, 0.1) is 16.0 Å². The summed E-state index contributed by atoms with van der Waals surface area (Å²) in [6, 6.07) is 4.31. The number of carboxylic acids is 1. The lowest BCUT2D eigenvalue weighted by atomic mass is 10.1. The number of aromatic nitrogens is 1. The number of rotatable bonds is 4. The number of fused-ring (bicyclic) bond motifs is 1. The van der Waals surface area contributed by atoms with Crippen molar-refractivity contribution in [2.75, 3.05) is 0 Å². The van der Waals surface area contributed by atoms with E-state index in [0.29, 0.717) is 16.8 Å². The minimum atomic E-state index is -1.01. The molecule has 0 bridgehead atoms. The van der Waals surface area contributed by atoms with E-state index in [4.69, 9.17) is 0 Å². The summed E-state index contributed by atoms with van der Waals surface area (Å²) in [5, 5.41) is 20.5. The predicted octanol–water partition coefficient (Wildman–Crippen LogP) is 2.66. The van der Waals surface area contributed by atoms with Gasteiger partial charge in [-0.2, -0.15) is 0 Å². The Balaban J connectivity index is 2.18. The molecule has 1 N–H and O–H groups in total. The number of carbonyl (C=O) groups is 1. The van der Waals surface area contributed by atoms with E-state index in [-0.39, 0.29) is 11.3 Å². The molecule has 19 heavy (non-hydrogen) atoms. The van der Waals surface area contributed by atoms with Crippen LogP contribution in [-0.4, -0.2) is 20.6 Å². The van der Waals surface area contributed by atoms with Crippen molar-refractivity contribution in [3.05, 3.63) is 40.1 Å². The van der Waals surface area contributed by atoms with E-state index >= 15 is 0 Å². The highest BCUT2D eigenvalue weighted by atomic mass is 16.6. The Morgan fingerprint density at radius 2 is 2.21 bits per heavy atom. The summed E-state index contributed by atoms with van der Waals surface area (Å²) >= 11 is 0. The molecule has 0 unspecified atom stereocenters. The van der Waals surface area contributed by atoms with Crippen molar-refractivity contribution in [3.63, 3.8) is 0 Å². The van der Waals surface area contributed by atoms with E-state index in [1.165, 1.54) is 18.2 Å². The average molecular weight is 260 g/mol. The SMILES string of the molecule is O=C(O)c1cn(CC2CC2)c2cc([N+](=O)[O-])ccc12. The molecule has 1 heterocycles. The first-order chi connectivity index (χ1) is 9.06. The third-order valence-electron chi connectivity index (χ3n) is 3.46. The Morgan fingerprint density at radius 3 is 2.79 bits per heavy atom. The molecule has 1 fully saturated rings. The molecule has 0 aliphatic heterocycles. The Kier molecular flexibility index (Phi) is 2.51. The van der Waals surface area contributed by atoms with Crippen LogP contribution in [0.1, 0.15) is 23.2 Å². The lowest BCUT2D eigenvalue weighted by Gasteiger charge is -2.03. The summed E-state index contributed by atoms with van der Waals surface area (Å²) in [4.78, 5) is 21.5. The van der Waals surface area contributed by atoms with Gasteiger partial charge in [-0.05, 0) is 24.8 Å². The van der Waals surface area contributed by atoms with Gasteiger partial charge in [0.25, 0.3) is 5.69 Å². The molecule has 1 aromatic carbocycles. The highest BCUT2D eigenvalue weighted by molar-refractivity contribution is 6.04. The summed E-state index contributed by atoms with van der Waals surface area (Å²) in [5.41, 5.74) is 0.809. The summed E-state index contributed by atoms with van der Waals surface area (Å²) < 4.78 is 1.82. The number of nitro benzene ring substituents is 1. The molecule has 1 aliphatic rings. The van der Waals surface area contributed by atoms with Crippen LogP contribution in [-0.2, 0) is 6.54 Å². The van der Waals surface area contributed by atoms with Gasteiger partial charge in [0.2, 0.25) is 0 Å². The lowest BCUT2D eigenvalue weighted by Crippen LogP contribution is -1.98. The fraction of sp³-hybridized carbons (Fsp3) is 0.308. The smallest absolute Gasteiger partial charge is 0.337 e. The van der Waals surface area contributed by atoms with Crippen molar-refractivity contribution in [1.29, 1.82) is 0 Å². The molecule has 2 aromatic rings. The van der Waals surface area contributed by atoms with Crippen molar-refractivity contribution in [2.45, 2.75) is 19.4 Å². The molecule has 1 aromatic heterocycles. The maximum Gasteiger partial charge on any atom is 0.337 e. The van der Waals surface area contributed by atoms with Crippen molar-refractivity contribution >= 4 is 22.6 Å². The minimum absolute atomic E-state index is 0.0143. The van der Waals surface area contributed by atoms with E-state index in [9.17, 15) is 20.0 Å². The van der Waals surface area contributed by atoms with E-state index < -0.39 is 10.9 Å². The largest absolute Gasteiger partial charge is 0.478 e. The van der Waals surface area contributed by atoms with Crippen LogP contribution in [0.3, 0.4) is 0 Å². The maximum absolute atomic E-state index is 11.2. The van der Waals surface area contributed by atoms with Crippen LogP contribution in [0.2, 0.25) is 0 Å². The van der Waals surface area contributed by atoms with Crippen LogP contribution in [0.25, 0.3) is 10.9 Å². The van der Waals surface area contributed by atoms with Gasteiger partial charge in [0.15, 0.2) is 0 Å². The summed E-state index contributed by atoms with van der Waals surface area (Å²) in [6.45, 7) is 0.727. The van der Waals surface area contributed by atoms with Crippen LogP contribution < -0.4 is 0 Å². The van der Waals surface area contributed by atoms with Crippen LogP contribution in [0, 0.1) is 16.0 Å². The van der Waals surface area contributed by atoms with E-state index in [1.54, 1.807) is 6.20 Å². The van der Waals surface area contributed by atoms with Gasteiger partial charge >= 0.3 is 5.97 Å². The molecule has 0 spiro atoms. The first-order valence-electron chi connectivity index (χ1n) is 6.07. The highest BCUT2D eigenvalue weighted by Crippen LogP contribution is 2.33. The molecule has 0 amide bonds. The van der Waals surface area contributed by atoms with Crippen molar-refractivity contribution in [1.82, 2.24) is 4.57 Å². The second-order valence-corrected chi connectivity index (χ2v) is 4.90. The van der Waals surface area contributed by atoms with Gasteiger partial charge in [-0.15, -0.1) is 0 Å². The molecule has 3 rings (SSSR count). The maximum atomic E-state index is 11.2. The highest BCUT2D eigenvalue weighted by Gasteiger charge is 2.24. The van der Waals surface area contributed by atoms with Crippen molar-refractivity contribution in [2.24, 2.45) is 5.92 Å². The average Bonchev–Trinajstić information content (AvgIpc) is 3.10. The van der Waals surface area contributed by atoms with Crippen LogP contribution in [0.5, 0.6) is 0 Å². The fourth-order valence-corrected chi connectivity index (χ4v) is 2.29. The number of carboxylic acid groups (broad SMARTS) is 1. The Labute approximate surface area is 108 Å². The van der Waals surface area contributed by atoms with E-state index in [2.05, 4.69) is 0 Å². The molecule has 6 heteroatoms. The lowest BCUT2D eigenvalue weighted by molar-refractivity contribution is -0.384. The number of non-ortho nitro benzene ring substituents is 1. The first kappa shape index (κ1) is 11.7. The normalized spacial score (nSPS) is 14.7. The predicted molar refractivity (Wildman–Crippen MR) is 68.3 cm³/mol. The van der Waals surface area contributed by atoms with Gasteiger partial charge < -0.3 is 9.67 Å². The van der Waals surface area contributed by atoms with Crippen LogP contribution >= 0.6 is 0 Å². The molecule has 1 aliphatic carbocycles. The third kappa shape index (κ3) is 2.05. The second kappa shape index (κ2) is 4.08. The van der Waals surface area contributed by atoms with Gasteiger partial charge in [-0.3, -0.25) is 10.1 Å².